The fourth-order valence-corrected chi connectivity index (χ4v) is 20.0. The Labute approximate surface area is 663 Å². The number of aromatic nitrogens is 4. The number of hydrogen-bond acceptors (Lipinski definition) is 2. The van der Waals surface area contributed by atoms with Crippen LogP contribution in [0.3, 0.4) is 0 Å². The summed E-state index contributed by atoms with van der Waals surface area (Å²) in [7, 11) is -13.1. The Morgan fingerprint density at radius 2 is 0.912 bits per heavy atom. The minimum atomic E-state index is -6.57. The van der Waals surface area contributed by atoms with Crippen molar-refractivity contribution in [2.75, 3.05) is 0 Å². The lowest BCUT2D eigenvalue weighted by Gasteiger charge is -2.35. The summed E-state index contributed by atoms with van der Waals surface area (Å²) in [6.45, 7) is 2.08. The van der Waals surface area contributed by atoms with Crippen LogP contribution in [0.5, 0.6) is 11.5 Å². The number of aryl methyl sites for hydroxylation is 1. The molecule has 5 nitrogen and oxygen atoms in total. The monoisotopic (exact) mass is 1390 g/mol. The molecule has 17 aromatic rings. The predicted molar refractivity (Wildman–Crippen MR) is 429 cm³/mol. The third-order valence-corrected chi connectivity index (χ3v) is 25.4. The number of para-hydroxylation sites is 2. The summed E-state index contributed by atoms with van der Waals surface area (Å²) in [5.74, 6) is 0.00589. The Balaban J connectivity index is 1.00. The number of fused-ring (bicyclic) bond motifs is 4. The van der Waals surface area contributed by atoms with Crippen LogP contribution in [0.4, 0.5) is 0 Å². The number of pyridine rings is 1. The van der Waals surface area contributed by atoms with Crippen molar-refractivity contribution in [3.63, 3.8) is 0 Å². The smallest absolute Gasteiger partial charge is 0.269 e. The molecule has 488 valence electrons. The minimum Gasteiger partial charge on any atom is -0.458 e. The van der Waals surface area contributed by atoms with Crippen molar-refractivity contribution in [1.29, 1.82) is 0 Å². The number of ether oxygens (including phenoxy) is 1. The average Bonchev–Trinajstić information content (AvgIpc) is 0.734. The van der Waals surface area contributed by atoms with E-state index in [2.05, 4.69) is 6.33 Å². The number of rotatable bonds is 16. The van der Waals surface area contributed by atoms with E-state index in [1.807, 2.05) is 0 Å². The molecule has 0 unspecified atom stereocenters. The van der Waals surface area contributed by atoms with Crippen LogP contribution in [0.25, 0.3) is 83.4 Å². The highest BCUT2D eigenvalue weighted by molar-refractivity contribution is 7.20. The van der Waals surface area contributed by atoms with Gasteiger partial charge in [-0.25, -0.2) is 4.98 Å². The van der Waals surface area contributed by atoms with E-state index in [1.54, 1.807) is 73.9 Å². The van der Waals surface area contributed by atoms with Gasteiger partial charge in [-0.15, -0.1) is 0 Å². The van der Waals surface area contributed by atoms with Gasteiger partial charge in [0.15, 0.2) is 16.1 Å². The molecule has 3 aromatic heterocycles. The second-order valence-electron chi connectivity index (χ2n) is 24.1. The summed E-state index contributed by atoms with van der Waals surface area (Å²) in [6, 6.07) is -23.1. The summed E-state index contributed by atoms with van der Waals surface area (Å²) >= 11 is 0. The molecule has 0 aliphatic rings. The third-order valence-electron chi connectivity index (χ3n) is 17.4. The van der Waals surface area contributed by atoms with Gasteiger partial charge in [-0.3, -0.25) is 13.7 Å². The van der Waals surface area contributed by atoms with E-state index in [1.165, 1.54) is 69.8 Å². The van der Waals surface area contributed by atoms with Gasteiger partial charge < -0.3 is 4.74 Å². The molecular formula is C95H74N4OSi2. The zero-order chi connectivity index (χ0) is 109. The summed E-state index contributed by atoms with van der Waals surface area (Å²) in [5, 5.41) is -8.01. The fourth-order valence-electron chi connectivity index (χ4n) is 12.9. The van der Waals surface area contributed by atoms with Gasteiger partial charge in [0.2, 0.25) is 0 Å². The largest absolute Gasteiger partial charge is 0.458 e. The van der Waals surface area contributed by atoms with Crippen molar-refractivity contribution >= 4 is 90.5 Å². The van der Waals surface area contributed by atoms with E-state index in [4.69, 9.17) is 28.9 Å². The van der Waals surface area contributed by atoms with Gasteiger partial charge in [0, 0.05) is 32.7 Å². The van der Waals surface area contributed by atoms with Crippen LogP contribution in [0.1, 0.15) is 95.0 Å². The van der Waals surface area contributed by atoms with Gasteiger partial charge in [-0.1, -0.05) is 335 Å². The maximum absolute atomic E-state index is 11.1. The molecule has 17 rings (SSSR count). The summed E-state index contributed by atoms with van der Waals surface area (Å²) in [6.07, 6.45) is 4.46. The molecule has 0 aliphatic carbocycles. The van der Waals surface area contributed by atoms with E-state index in [9.17, 15) is 43.9 Å². The molecule has 3 heterocycles. The molecule has 102 heavy (non-hydrogen) atoms. The molecule has 0 N–H and O–H groups in total. The summed E-state index contributed by atoms with van der Waals surface area (Å²) in [4.78, 5) is 4.70. The highest BCUT2D eigenvalue weighted by Gasteiger charge is 2.43. The van der Waals surface area contributed by atoms with Crippen LogP contribution in [-0.2, 0) is 5.41 Å². The van der Waals surface area contributed by atoms with Crippen LogP contribution < -0.4 is 50.8 Å². The second-order valence-corrected chi connectivity index (χ2v) is 31.1. The quantitative estimate of drug-likeness (QED) is 0.0418. The van der Waals surface area contributed by atoms with Crippen LogP contribution in [-0.4, -0.2) is 30.3 Å². The van der Waals surface area contributed by atoms with Crippen LogP contribution in [0, 0.1) is 13.2 Å². The van der Waals surface area contributed by atoms with Crippen molar-refractivity contribution in [3.8, 4) is 62.1 Å². The lowest BCUT2D eigenvalue weighted by atomic mass is 9.83. The molecule has 0 amide bonds. The molecule has 0 saturated carbocycles. The molecule has 0 atom stereocenters. The minimum absolute atomic E-state index is 0.00262. The first-order valence-corrected chi connectivity index (χ1v) is 35.4. The lowest BCUT2D eigenvalue weighted by molar-refractivity contribution is -0.572. The van der Waals surface area contributed by atoms with Crippen LogP contribution in [0.15, 0.2) is 375 Å². The van der Waals surface area contributed by atoms with Crippen molar-refractivity contribution in [1.82, 2.24) is 14.1 Å². The zero-order valence-electron chi connectivity index (χ0n) is 99.7. The molecule has 0 bridgehead atoms. The van der Waals surface area contributed by atoms with Crippen LogP contribution in [0.2, 0.25) is 0 Å². The standard InChI is InChI=1S/C95H74N4OSi2/c1-68-60-93(96-66-87(68)69-32-12-5-13-33-69)99-89-55-27-26-52-85(89)86-58-57-75(65-91(86)99)100-74-37-30-36-73(64-74)97-67-98(90-59-56-71(63-92(90)97)70-34-28-50-82(61-70)101(76-38-14-6-15-39-76,77-40-16-7-17-41-77)78-42-18-8-19-43-78)94-84(53-31-54-88(94)95(2,3)4)72-35-29-51-83(62-72)102(79-44-20-9-21-45-79,80-46-22-10-23-47-80)81-48-24-11-25-49-81/h5-66H,1-4H3/i1D3,5D,6D,7D,8D,9D,10D,11D,12D,13D,14D,15D,16D,17D,18D,19D,20D,21D,22D,23D,24D,25D,28D,29D,32D,33D,34D,35D,38D,39D,40D,41D,42D,43D,44D,45D,46D,47D,48D,49D,50D,51D,61D,62D. The average molecular weight is 1390 g/mol. The third kappa shape index (κ3) is 11.1. The van der Waals surface area contributed by atoms with Gasteiger partial charge in [0.25, 0.3) is 6.33 Å². The van der Waals surface area contributed by atoms with Gasteiger partial charge in [-0.2, -0.15) is 0 Å². The summed E-state index contributed by atoms with van der Waals surface area (Å²) in [5.41, 5.74) is -4.20. The molecule has 14 aromatic carbocycles. The molecule has 0 spiro atoms. The van der Waals surface area contributed by atoms with Gasteiger partial charge >= 0.3 is 0 Å². The number of hydrogen-bond donors (Lipinski definition) is 0. The van der Waals surface area contributed by atoms with Gasteiger partial charge in [-0.05, 0) is 141 Å². The Bertz CT molecular complexity index is 8250. The van der Waals surface area contributed by atoms with E-state index in [0.717, 1.165) is 6.20 Å². The Morgan fingerprint density at radius 3 is 1.48 bits per heavy atom. The first-order chi connectivity index (χ1) is 69.2. The topological polar surface area (TPSA) is 35.9 Å². The first-order valence-electron chi connectivity index (χ1n) is 54.4. The molecule has 0 fully saturated rings. The molecular weight excluding hydrogens is 1270 g/mol. The Kier molecular flexibility index (Phi) is 7.95. The number of benzene rings is 14. The highest BCUT2D eigenvalue weighted by Crippen LogP contribution is 2.39. The molecule has 0 radical (unpaired) electrons. The Hall–Kier alpha value is -12.3. The maximum Gasteiger partial charge on any atom is 0.269 e. The van der Waals surface area contributed by atoms with E-state index in [-0.39, 0.29) is 56.4 Å². The van der Waals surface area contributed by atoms with E-state index in [0.29, 0.717) is 21.8 Å². The van der Waals surface area contributed by atoms with Gasteiger partial charge in [0.05, 0.1) is 92.4 Å². The van der Waals surface area contributed by atoms with Gasteiger partial charge in [0.1, 0.15) is 17.3 Å². The molecule has 7 heteroatoms. The van der Waals surface area contributed by atoms with Crippen molar-refractivity contribution in [2.24, 2.45) is 0 Å². The number of imidazole rings is 1. The lowest BCUT2D eigenvalue weighted by Crippen LogP contribution is -2.74. The zero-order valence-corrected chi connectivity index (χ0v) is 55.7. The Morgan fingerprint density at radius 1 is 0.412 bits per heavy atom. The molecule has 0 saturated heterocycles. The molecule has 0 aliphatic heterocycles. The second kappa shape index (κ2) is 26.4. The van der Waals surface area contributed by atoms with Crippen molar-refractivity contribution in [3.05, 3.63) is 393 Å². The summed E-state index contributed by atoms with van der Waals surface area (Å²) < 4.78 is 447. The van der Waals surface area contributed by atoms with Crippen LogP contribution >= 0.6 is 0 Å². The van der Waals surface area contributed by atoms with E-state index < -0.39 is 358 Å². The first kappa shape index (κ1) is 30.7. The maximum atomic E-state index is 11.1. The van der Waals surface area contributed by atoms with Crippen molar-refractivity contribution < 1.29 is 72.4 Å². The van der Waals surface area contributed by atoms with E-state index >= 15 is 0 Å². The predicted octanol–water partition coefficient (Wildman–Crippen LogP) is 17.4. The fraction of sp³-hybridized carbons (Fsp3) is 0.0526. The number of nitrogens with zero attached hydrogens (tertiary/aromatic N) is 4. The van der Waals surface area contributed by atoms with Crippen molar-refractivity contribution in [2.45, 2.75) is 33.0 Å². The highest BCUT2D eigenvalue weighted by atomic mass is 28.3. The normalized spacial score (nSPS) is 18.4. The SMILES string of the molecule is [2H]c1c([2H])c([2H])c(-c2cnc(-n3c4ccccc4c4ccc(Oc5cccc(-n6[c-][n+](-c7c(-c8c([2H])c([2H])c([2H])c([Si](c9c([2H])c([2H])c([2H])c([2H])c9[2H])(c9c([2H])c([2H])c([2H])c([2H])c9[2H])c9c([2H])c([2H])c([2H])c([2H])c9[2H])c8[2H])cccc7C(C)(C)C)c7ccc(-c8c([2H])c([2H])c([2H])c([Si](c9c([2H])c([2H])c([2H])c([2H])c9[2H])(c9c([2H])c([2H])c([2H])c([2H])c9[2H])c9c([2H])c([2H])c([2H])c([2H])c9[2H])c8[2H])cc76)c5)cc43)cc2C([2H])([2H])[2H])c([2H])c1[2H].